The Morgan fingerprint density at radius 2 is 0.690 bits per heavy atom. The zero-order valence-electron chi connectivity index (χ0n) is 22.0. The molecule has 6 heteroatoms. The number of hydrogen-bond acceptors (Lipinski definition) is 0. The SMILES string of the molecule is Brc1cc2c3ccccc3n(-c3ccc(-c4ccc(-n5c6ccccc6c6cc(Br)c(Br)cc65)cc4)cc3)c2cc1Br. The molecular weight excluding hydrogens is 780 g/mol. The lowest BCUT2D eigenvalue weighted by atomic mass is 10.0. The molecule has 0 aliphatic rings. The maximum Gasteiger partial charge on any atom is 0.0553 e. The van der Waals surface area contributed by atoms with Crippen molar-refractivity contribution in [2.75, 3.05) is 0 Å². The van der Waals surface area contributed by atoms with E-state index in [0.717, 1.165) is 29.3 Å². The third kappa shape index (κ3) is 4.15. The van der Waals surface area contributed by atoms with E-state index in [1.807, 2.05) is 0 Å². The van der Waals surface area contributed by atoms with Crippen molar-refractivity contribution in [3.63, 3.8) is 0 Å². The summed E-state index contributed by atoms with van der Waals surface area (Å²) in [5.74, 6) is 0. The highest BCUT2D eigenvalue weighted by Gasteiger charge is 2.16. The van der Waals surface area contributed by atoms with Gasteiger partial charge in [0.05, 0.1) is 22.1 Å². The van der Waals surface area contributed by atoms with Crippen molar-refractivity contribution in [2.24, 2.45) is 0 Å². The van der Waals surface area contributed by atoms with E-state index in [-0.39, 0.29) is 0 Å². The van der Waals surface area contributed by atoms with Crippen molar-refractivity contribution in [1.29, 1.82) is 0 Å². The van der Waals surface area contributed by atoms with Crippen LogP contribution in [0.15, 0.2) is 139 Å². The molecule has 0 aliphatic carbocycles. The van der Waals surface area contributed by atoms with E-state index in [1.54, 1.807) is 0 Å². The summed E-state index contributed by atoms with van der Waals surface area (Å²) in [7, 11) is 0. The van der Waals surface area contributed by atoms with Gasteiger partial charge in [0.2, 0.25) is 0 Å². The standard InChI is InChI=1S/C36H20Br4N2/c37-29-17-27-25-5-1-3-7-33(25)41(35(27)19-31(29)39)23-13-9-21(10-14-23)22-11-15-24(16-12-22)42-34-8-4-2-6-26(34)28-18-30(38)32(40)20-36(28)42/h1-20H. The summed E-state index contributed by atoms with van der Waals surface area (Å²) in [6.07, 6.45) is 0. The predicted molar refractivity (Wildman–Crippen MR) is 191 cm³/mol. The van der Waals surface area contributed by atoms with Crippen LogP contribution in [-0.2, 0) is 0 Å². The second-order valence-electron chi connectivity index (χ2n) is 10.4. The van der Waals surface area contributed by atoms with Crippen molar-refractivity contribution < 1.29 is 0 Å². The fraction of sp³-hybridized carbons (Fsp3) is 0. The monoisotopic (exact) mass is 796 g/mol. The minimum absolute atomic E-state index is 1.04. The van der Waals surface area contributed by atoms with Crippen LogP contribution in [-0.4, -0.2) is 9.13 Å². The fourth-order valence-electron chi connectivity index (χ4n) is 6.09. The Balaban J connectivity index is 1.20. The average Bonchev–Trinajstić information content (AvgIpc) is 3.50. The molecule has 0 aliphatic heterocycles. The van der Waals surface area contributed by atoms with E-state index >= 15 is 0 Å². The van der Waals surface area contributed by atoms with Crippen LogP contribution in [0.2, 0.25) is 0 Å². The van der Waals surface area contributed by atoms with Gasteiger partial charge in [-0.3, -0.25) is 0 Å². The largest absolute Gasteiger partial charge is 0.309 e. The number of rotatable bonds is 3. The summed E-state index contributed by atoms with van der Waals surface area (Å²) >= 11 is 14.8. The van der Waals surface area contributed by atoms with E-state index in [1.165, 1.54) is 54.7 Å². The van der Waals surface area contributed by atoms with Crippen molar-refractivity contribution in [3.05, 3.63) is 139 Å². The molecule has 2 nitrogen and oxygen atoms in total. The van der Waals surface area contributed by atoms with E-state index in [4.69, 9.17) is 0 Å². The molecule has 0 bridgehead atoms. The van der Waals surface area contributed by atoms with Crippen molar-refractivity contribution in [2.45, 2.75) is 0 Å². The molecule has 202 valence electrons. The molecule has 0 unspecified atom stereocenters. The summed E-state index contributed by atoms with van der Waals surface area (Å²) in [5, 5.41) is 4.93. The summed E-state index contributed by atoms with van der Waals surface area (Å²) < 4.78 is 8.87. The predicted octanol–water partition coefficient (Wildman–Crippen LogP) is 12.6. The van der Waals surface area contributed by atoms with Gasteiger partial charge in [0.1, 0.15) is 0 Å². The van der Waals surface area contributed by atoms with Gasteiger partial charge in [-0.2, -0.15) is 0 Å². The summed E-state index contributed by atoms with van der Waals surface area (Å²) in [5.41, 5.74) is 9.38. The van der Waals surface area contributed by atoms with Gasteiger partial charge in [0, 0.05) is 50.8 Å². The molecule has 0 fully saturated rings. The Bertz CT molecular complexity index is 2160. The molecule has 0 spiro atoms. The minimum atomic E-state index is 1.04. The molecule has 0 saturated heterocycles. The van der Waals surface area contributed by atoms with E-state index in [0.29, 0.717) is 0 Å². The molecule has 0 saturated carbocycles. The first-order valence-electron chi connectivity index (χ1n) is 13.5. The van der Waals surface area contributed by atoms with Gasteiger partial charge >= 0.3 is 0 Å². The Kier molecular flexibility index (Phi) is 6.45. The fourth-order valence-corrected chi connectivity index (χ4v) is 7.44. The highest BCUT2D eigenvalue weighted by atomic mass is 79.9. The van der Waals surface area contributed by atoms with Crippen LogP contribution >= 0.6 is 63.7 Å². The highest BCUT2D eigenvalue weighted by Crippen LogP contribution is 2.39. The van der Waals surface area contributed by atoms with Crippen LogP contribution in [0.1, 0.15) is 0 Å². The molecule has 0 radical (unpaired) electrons. The number of benzene rings is 6. The Morgan fingerprint density at radius 3 is 1.10 bits per heavy atom. The van der Waals surface area contributed by atoms with Gasteiger partial charge in [0.15, 0.2) is 0 Å². The molecular formula is C36H20Br4N2. The molecule has 8 aromatic rings. The number of fused-ring (bicyclic) bond motifs is 6. The van der Waals surface area contributed by atoms with Gasteiger partial charge < -0.3 is 9.13 Å². The number of para-hydroxylation sites is 2. The lowest BCUT2D eigenvalue weighted by molar-refractivity contribution is 1.17. The first-order valence-corrected chi connectivity index (χ1v) is 16.6. The smallest absolute Gasteiger partial charge is 0.0553 e. The van der Waals surface area contributed by atoms with Crippen LogP contribution < -0.4 is 0 Å². The second-order valence-corrected chi connectivity index (χ2v) is 13.8. The van der Waals surface area contributed by atoms with Gasteiger partial charge in [-0.05, 0) is 136 Å². The Hall–Kier alpha value is -3.16. The second kappa shape index (κ2) is 10.2. The summed E-state index contributed by atoms with van der Waals surface area (Å²) in [6, 6.07) is 43.7. The lowest BCUT2D eigenvalue weighted by Crippen LogP contribution is -1.95. The average molecular weight is 800 g/mol. The maximum absolute atomic E-state index is 3.71. The minimum Gasteiger partial charge on any atom is -0.309 e. The number of nitrogens with zero attached hydrogens (tertiary/aromatic N) is 2. The molecule has 0 N–H and O–H groups in total. The maximum atomic E-state index is 3.71. The van der Waals surface area contributed by atoms with Crippen LogP contribution in [0, 0.1) is 0 Å². The van der Waals surface area contributed by atoms with Crippen molar-refractivity contribution >= 4 is 107 Å². The molecule has 0 atom stereocenters. The molecule has 8 rings (SSSR count). The zero-order chi connectivity index (χ0) is 28.5. The molecule has 6 aromatic carbocycles. The molecule has 2 heterocycles. The Morgan fingerprint density at radius 1 is 0.333 bits per heavy atom. The van der Waals surface area contributed by atoms with Crippen LogP contribution in [0.5, 0.6) is 0 Å². The quantitative estimate of drug-likeness (QED) is 0.168. The van der Waals surface area contributed by atoms with Gasteiger partial charge in [-0.15, -0.1) is 0 Å². The number of hydrogen-bond donors (Lipinski definition) is 0. The van der Waals surface area contributed by atoms with Crippen LogP contribution in [0.3, 0.4) is 0 Å². The summed E-state index contributed by atoms with van der Waals surface area (Å²) in [6.45, 7) is 0. The normalized spacial score (nSPS) is 11.8. The zero-order valence-corrected chi connectivity index (χ0v) is 28.3. The molecule has 2 aromatic heterocycles. The first-order chi connectivity index (χ1) is 20.5. The Labute approximate surface area is 276 Å². The first kappa shape index (κ1) is 26.5. The van der Waals surface area contributed by atoms with Crippen LogP contribution in [0.25, 0.3) is 66.1 Å². The number of aromatic nitrogens is 2. The van der Waals surface area contributed by atoms with E-state index in [2.05, 4.69) is 194 Å². The van der Waals surface area contributed by atoms with Gasteiger partial charge in [-0.1, -0.05) is 60.7 Å². The van der Waals surface area contributed by atoms with Crippen molar-refractivity contribution in [1.82, 2.24) is 9.13 Å². The molecule has 0 amide bonds. The topological polar surface area (TPSA) is 9.86 Å². The van der Waals surface area contributed by atoms with Crippen LogP contribution in [0.4, 0.5) is 0 Å². The number of halogens is 4. The molecule has 42 heavy (non-hydrogen) atoms. The highest BCUT2D eigenvalue weighted by molar-refractivity contribution is 9.13. The van der Waals surface area contributed by atoms with Gasteiger partial charge in [-0.25, -0.2) is 0 Å². The summed E-state index contributed by atoms with van der Waals surface area (Å²) in [4.78, 5) is 0. The van der Waals surface area contributed by atoms with Gasteiger partial charge in [0.25, 0.3) is 0 Å². The third-order valence-electron chi connectivity index (χ3n) is 8.01. The lowest BCUT2D eigenvalue weighted by Gasteiger charge is -2.11. The van der Waals surface area contributed by atoms with Crippen molar-refractivity contribution in [3.8, 4) is 22.5 Å². The van der Waals surface area contributed by atoms with E-state index in [9.17, 15) is 0 Å². The van der Waals surface area contributed by atoms with E-state index < -0.39 is 0 Å². The third-order valence-corrected chi connectivity index (χ3v) is 11.7.